The summed E-state index contributed by atoms with van der Waals surface area (Å²) in [7, 11) is 0. The Balaban J connectivity index is 1.97. The highest BCUT2D eigenvalue weighted by atomic mass is 16.1. The Morgan fingerprint density at radius 1 is 1.05 bits per heavy atom. The van der Waals surface area contributed by atoms with E-state index in [4.69, 9.17) is 0 Å². The molecule has 2 rings (SSSR count). The molecule has 0 spiro atoms. The van der Waals surface area contributed by atoms with Crippen molar-refractivity contribution in [3.8, 4) is 0 Å². The highest BCUT2D eigenvalue weighted by molar-refractivity contribution is 5.97. The zero-order chi connectivity index (χ0) is 14.5. The van der Waals surface area contributed by atoms with Crippen molar-refractivity contribution < 1.29 is 4.79 Å². The summed E-state index contributed by atoms with van der Waals surface area (Å²) in [6.45, 7) is 6.52. The van der Waals surface area contributed by atoms with E-state index in [1.165, 1.54) is 11.1 Å². The van der Waals surface area contributed by atoms with Crippen LogP contribution in [0.2, 0.25) is 0 Å². The van der Waals surface area contributed by atoms with Gasteiger partial charge in [0, 0.05) is 11.6 Å². The minimum absolute atomic E-state index is 0.135. The Morgan fingerprint density at radius 2 is 1.75 bits per heavy atom. The number of Topliss-reactive ketones (excluding diaryl/α,β-unsaturated/α-hetero) is 1. The molecule has 0 aliphatic rings. The molecule has 1 N–H and O–H groups in total. The molecule has 104 valence electrons. The monoisotopic (exact) mass is 267 g/mol. The minimum atomic E-state index is 0.135. The maximum absolute atomic E-state index is 12.2. The fourth-order valence-electron chi connectivity index (χ4n) is 2.12. The third-order valence-corrected chi connectivity index (χ3v) is 3.70. The highest BCUT2D eigenvalue weighted by Gasteiger charge is 2.09. The summed E-state index contributed by atoms with van der Waals surface area (Å²) in [4.78, 5) is 12.2. The minimum Gasteiger partial charge on any atom is -0.303 e. The topological polar surface area (TPSA) is 29.1 Å². The second kappa shape index (κ2) is 6.49. The van der Waals surface area contributed by atoms with Crippen molar-refractivity contribution in [3.05, 3.63) is 70.8 Å². The fraction of sp³-hybridized carbons (Fsp3) is 0.278. The Labute approximate surface area is 120 Å². The molecule has 2 heteroatoms. The van der Waals surface area contributed by atoms with E-state index >= 15 is 0 Å². The van der Waals surface area contributed by atoms with E-state index in [1.807, 2.05) is 43.3 Å². The van der Waals surface area contributed by atoms with Gasteiger partial charge in [-0.15, -0.1) is 0 Å². The number of carbonyl (C=O) groups is 1. The zero-order valence-electron chi connectivity index (χ0n) is 12.3. The number of hydrogen-bond donors (Lipinski definition) is 1. The van der Waals surface area contributed by atoms with Crippen LogP contribution in [0.1, 0.15) is 40.0 Å². The number of carbonyl (C=O) groups excluding carboxylic acids is 1. The van der Waals surface area contributed by atoms with Gasteiger partial charge in [0.15, 0.2) is 5.78 Å². The molecule has 2 aromatic rings. The summed E-state index contributed by atoms with van der Waals surface area (Å²) in [5, 5.41) is 3.28. The van der Waals surface area contributed by atoms with E-state index in [1.54, 1.807) is 0 Å². The van der Waals surface area contributed by atoms with Gasteiger partial charge in [0.25, 0.3) is 0 Å². The predicted octanol–water partition coefficient (Wildman–Crippen LogP) is 3.84. The van der Waals surface area contributed by atoms with Gasteiger partial charge in [0.1, 0.15) is 0 Å². The third kappa shape index (κ3) is 3.55. The molecule has 0 saturated heterocycles. The van der Waals surface area contributed by atoms with Gasteiger partial charge in [-0.3, -0.25) is 4.79 Å². The van der Waals surface area contributed by atoms with Gasteiger partial charge in [-0.2, -0.15) is 0 Å². The molecule has 0 aromatic heterocycles. The molecular weight excluding hydrogens is 246 g/mol. The SMILES string of the molecule is Cc1ccc(C(=O)CNC(C)c2ccccc2)cc1C. The van der Waals surface area contributed by atoms with Crippen LogP contribution in [0.25, 0.3) is 0 Å². The number of hydrogen-bond acceptors (Lipinski definition) is 2. The second-order valence-electron chi connectivity index (χ2n) is 5.24. The maximum Gasteiger partial charge on any atom is 0.176 e. The average Bonchev–Trinajstić information content (AvgIpc) is 2.48. The van der Waals surface area contributed by atoms with Gasteiger partial charge < -0.3 is 5.32 Å². The standard InChI is InChI=1S/C18H21NO/c1-13-9-10-17(11-14(13)2)18(20)12-19-15(3)16-7-5-4-6-8-16/h4-11,15,19H,12H2,1-3H3. The van der Waals surface area contributed by atoms with Crippen LogP contribution in [0.5, 0.6) is 0 Å². The molecule has 1 atom stereocenters. The molecule has 1 unspecified atom stereocenters. The van der Waals surface area contributed by atoms with Crippen LogP contribution in [0.4, 0.5) is 0 Å². The van der Waals surface area contributed by atoms with Crippen LogP contribution in [0.3, 0.4) is 0 Å². The Hall–Kier alpha value is -1.93. The lowest BCUT2D eigenvalue weighted by Gasteiger charge is -2.14. The quantitative estimate of drug-likeness (QED) is 0.834. The summed E-state index contributed by atoms with van der Waals surface area (Å²) >= 11 is 0. The Bertz CT molecular complexity index is 590. The number of nitrogens with one attached hydrogen (secondary N) is 1. The molecular formula is C18H21NO. The van der Waals surface area contributed by atoms with Crippen LogP contribution in [-0.2, 0) is 0 Å². The number of rotatable bonds is 5. The van der Waals surface area contributed by atoms with Crippen LogP contribution in [0, 0.1) is 13.8 Å². The maximum atomic E-state index is 12.2. The summed E-state index contributed by atoms with van der Waals surface area (Å²) in [6, 6.07) is 16.2. The van der Waals surface area contributed by atoms with Crippen LogP contribution < -0.4 is 5.32 Å². The number of aryl methyl sites for hydroxylation is 2. The summed E-state index contributed by atoms with van der Waals surface area (Å²) in [5.41, 5.74) is 4.35. The first kappa shape index (κ1) is 14.5. The molecule has 2 aromatic carbocycles. The molecule has 2 nitrogen and oxygen atoms in total. The molecule has 0 fully saturated rings. The summed E-state index contributed by atoms with van der Waals surface area (Å²) < 4.78 is 0. The van der Waals surface area contributed by atoms with Crippen molar-refractivity contribution in [3.63, 3.8) is 0 Å². The van der Waals surface area contributed by atoms with E-state index in [0.717, 1.165) is 11.1 Å². The predicted molar refractivity (Wildman–Crippen MR) is 83.1 cm³/mol. The van der Waals surface area contributed by atoms with Crippen molar-refractivity contribution in [1.82, 2.24) is 5.32 Å². The molecule has 0 aliphatic heterocycles. The van der Waals surface area contributed by atoms with Crippen molar-refractivity contribution in [2.75, 3.05) is 6.54 Å². The average molecular weight is 267 g/mol. The van der Waals surface area contributed by atoms with Gasteiger partial charge in [0.2, 0.25) is 0 Å². The lowest BCUT2D eigenvalue weighted by Crippen LogP contribution is -2.26. The van der Waals surface area contributed by atoms with E-state index < -0.39 is 0 Å². The van der Waals surface area contributed by atoms with Gasteiger partial charge in [-0.05, 0) is 43.5 Å². The van der Waals surface area contributed by atoms with Gasteiger partial charge in [0.05, 0.1) is 6.54 Å². The van der Waals surface area contributed by atoms with E-state index in [0.29, 0.717) is 6.54 Å². The van der Waals surface area contributed by atoms with Crippen molar-refractivity contribution >= 4 is 5.78 Å². The van der Waals surface area contributed by atoms with Gasteiger partial charge in [-0.1, -0.05) is 42.5 Å². The lowest BCUT2D eigenvalue weighted by molar-refractivity contribution is 0.0988. The van der Waals surface area contributed by atoms with Crippen molar-refractivity contribution in [1.29, 1.82) is 0 Å². The fourth-order valence-corrected chi connectivity index (χ4v) is 2.12. The summed E-state index contributed by atoms with van der Waals surface area (Å²) in [6.07, 6.45) is 0. The number of ketones is 1. The molecule has 0 bridgehead atoms. The van der Waals surface area contributed by atoms with Crippen molar-refractivity contribution in [2.24, 2.45) is 0 Å². The van der Waals surface area contributed by atoms with E-state index in [9.17, 15) is 4.79 Å². The highest BCUT2D eigenvalue weighted by Crippen LogP contribution is 2.13. The summed E-state index contributed by atoms with van der Waals surface area (Å²) in [5.74, 6) is 0.135. The smallest absolute Gasteiger partial charge is 0.176 e. The normalized spacial score (nSPS) is 12.2. The molecule has 0 heterocycles. The first-order valence-electron chi connectivity index (χ1n) is 6.96. The van der Waals surface area contributed by atoms with Crippen molar-refractivity contribution in [2.45, 2.75) is 26.8 Å². The first-order chi connectivity index (χ1) is 9.58. The molecule has 0 radical (unpaired) electrons. The molecule has 0 saturated carbocycles. The van der Waals surface area contributed by atoms with Crippen LogP contribution in [-0.4, -0.2) is 12.3 Å². The Kier molecular flexibility index (Phi) is 4.70. The van der Waals surface area contributed by atoms with Gasteiger partial charge >= 0.3 is 0 Å². The Morgan fingerprint density at radius 3 is 2.40 bits per heavy atom. The molecule has 0 amide bonds. The van der Waals surface area contributed by atoms with Crippen LogP contribution in [0.15, 0.2) is 48.5 Å². The molecule has 0 aliphatic carbocycles. The number of benzene rings is 2. The van der Waals surface area contributed by atoms with E-state index in [2.05, 4.69) is 31.3 Å². The second-order valence-corrected chi connectivity index (χ2v) is 5.24. The molecule has 20 heavy (non-hydrogen) atoms. The van der Waals surface area contributed by atoms with Crippen LogP contribution >= 0.6 is 0 Å². The third-order valence-electron chi connectivity index (χ3n) is 3.70. The first-order valence-corrected chi connectivity index (χ1v) is 6.96. The largest absolute Gasteiger partial charge is 0.303 e. The zero-order valence-corrected chi connectivity index (χ0v) is 12.3. The van der Waals surface area contributed by atoms with E-state index in [-0.39, 0.29) is 11.8 Å². The van der Waals surface area contributed by atoms with Gasteiger partial charge in [-0.25, -0.2) is 0 Å². The lowest BCUT2D eigenvalue weighted by atomic mass is 10.0.